The lowest BCUT2D eigenvalue weighted by Crippen LogP contribution is -2.23. The van der Waals surface area contributed by atoms with E-state index in [1.807, 2.05) is 30.7 Å². The van der Waals surface area contributed by atoms with Crippen molar-refractivity contribution in [2.24, 2.45) is 7.05 Å². The minimum atomic E-state index is -2.95. The molecule has 0 unspecified atom stereocenters. The molecule has 3 aromatic heterocycles. The maximum atomic E-state index is 14.0. The standard InChI is InChI=1S/C26H21F2N5O2/c1-14(2)16-11-21-24(30-12-16)23(29)22(15-4-9-19-20(10-15)32(3)13-31-19)25(34)33(21)17-5-7-18(8-6-17)35-26(27)28/h4-13,26H,1,29H2,2-3H3. The third-order valence-electron chi connectivity index (χ3n) is 5.88. The second-order valence-corrected chi connectivity index (χ2v) is 8.23. The van der Waals surface area contributed by atoms with Crippen LogP contribution in [0.5, 0.6) is 5.75 Å². The highest BCUT2D eigenvalue weighted by Crippen LogP contribution is 2.32. The summed E-state index contributed by atoms with van der Waals surface area (Å²) in [5.74, 6) is -0.0146. The Balaban J connectivity index is 1.82. The van der Waals surface area contributed by atoms with Gasteiger partial charge in [0.15, 0.2) is 0 Å². The first-order valence-electron chi connectivity index (χ1n) is 10.7. The molecule has 0 bridgehead atoms. The number of imidazole rings is 1. The van der Waals surface area contributed by atoms with Crippen LogP contribution in [-0.4, -0.2) is 25.7 Å². The lowest BCUT2D eigenvalue weighted by atomic mass is 10.0. The molecular weight excluding hydrogens is 452 g/mol. The number of nitrogens with two attached hydrogens (primary N) is 1. The van der Waals surface area contributed by atoms with Crippen LogP contribution in [0.1, 0.15) is 12.5 Å². The Labute approximate surface area is 198 Å². The summed E-state index contributed by atoms with van der Waals surface area (Å²) in [5, 5.41) is 0. The lowest BCUT2D eigenvalue weighted by Gasteiger charge is -2.17. The number of aromatic nitrogens is 4. The molecule has 5 aromatic rings. The Bertz CT molecular complexity index is 1670. The number of ether oxygens (including phenoxy) is 1. The number of fused-ring (bicyclic) bond motifs is 2. The second-order valence-electron chi connectivity index (χ2n) is 8.23. The number of rotatable bonds is 5. The van der Waals surface area contributed by atoms with Crippen molar-refractivity contribution in [1.29, 1.82) is 0 Å². The highest BCUT2D eigenvalue weighted by atomic mass is 19.3. The molecule has 0 radical (unpaired) electrons. The van der Waals surface area contributed by atoms with Crippen molar-refractivity contribution < 1.29 is 13.5 Å². The molecule has 0 atom stereocenters. The van der Waals surface area contributed by atoms with E-state index in [-0.39, 0.29) is 22.6 Å². The molecule has 35 heavy (non-hydrogen) atoms. The summed E-state index contributed by atoms with van der Waals surface area (Å²) in [4.78, 5) is 22.9. The second kappa shape index (κ2) is 8.35. The van der Waals surface area contributed by atoms with Crippen LogP contribution in [0.2, 0.25) is 0 Å². The molecule has 5 rings (SSSR count). The monoisotopic (exact) mass is 473 g/mol. The maximum Gasteiger partial charge on any atom is 0.387 e. The zero-order valence-electron chi connectivity index (χ0n) is 19.0. The van der Waals surface area contributed by atoms with Crippen LogP contribution >= 0.6 is 0 Å². The number of aryl methyl sites for hydroxylation is 1. The van der Waals surface area contributed by atoms with Gasteiger partial charge in [0, 0.05) is 18.9 Å². The first kappa shape index (κ1) is 22.3. The van der Waals surface area contributed by atoms with E-state index in [1.54, 1.807) is 24.7 Å². The van der Waals surface area contributed by atoms with Crippen molar-refractivity contribution in [2.45, 2.75) is 13.5 Å². The minimum Gasteiger partial charge on any atom is -0.435 e. The molecule has 0 amide bonds. The van der Waals surface area contributed by atoms with Gasteiger partial charge >= 0.3 is 6.61 Å². The van der Waals surface area contributed by atoms with Crippen LogP contribution in [0.25, 0.3) is 44.5 Å². The van der Waals surface area contributed by atoms with Gasteiger partial charge in [0.1, 0.15) is 11.3 Å². The van der Waals surface area contributed by atoms with Crippen molar-refractivity contribution in [3.05, 3.63) is 83.6 Å². The molecule has 3 heterocycles. The SMILES string of the molecule is C=C(C)c1cnc2c(N)c(-c3ccc4ncn(C)c4c3)c(=O)n(-c3ccc(OC(F)F)cc3)c2c1. The van der Waals surface area contributed by atoms with E-state index in [9.17, 15) is 13.6 Å². The van der Waals surface area contributed by atoms with Gasteiger partial charge < -0.3 is 15.0 Å². The molecule has 9 heteroatoms. The van der Waals surface area contributed by atoms with Gasteiger partial charge in [-0.3, -0.25) is 14.3 Å². The number of alkyl halides is 2. The number of anilines is 1. The van der Waals surface area contributed by atoms with Crippen LogP contribution in [-0.2, 0) is 7.05 Å². The van der Waals surface area contributed by atoms with E-state index in [0.717, 1.165) is 22.2 Å². The largest absolute Gasteiger partial charge is 0.435 e. The molecule has 2 N–H and O–H groups in total. The third kappa shape index (κ3) is 3.80. The Morgan fingerprint density at radius 2 is 1.83 bits per heavy atom. The Morgan fingerprint density at radius 3 is 2.51 bits per heavy atom. The molecule has 0 spiro atoms. The van der Waals surface area contributed by atoms with Crippen LogP contribution in [0.4, 0.5) is 14.5 Å². The number of halogens is 2. The number of nitrogen functional groups attached to an aromatic ring is 1. The first-order valence-corrected chi connectivity index (χ1v) is 10.7. The summed E-state index contributed by atoms with van der Waals surface area (Å²) >= 11 is 0. The van der Waals surface area contributed by atoms with Crippen molar-refractivity contribution in [3.8, 4) is 22.6 Å². The molecule has 0 fully saturated rings. The van der Waals surface area contributed by atoms with Gasteiger partial charge in [0.05, 0.1) is 34.1 Å². The van der Waals surface area contributed by atoms with Gasteiger partial charge in [-0.2, -0.15) is 8.78 Å². The summed E-state index contributed by atoms with van der Waals surface area (Å²) < 4.78 is 33.0. The number of nitrogens with zero attached hydrogens (tertiary/aromatic N) is 4. The summed E-state index contributed by atoms with van der Waals surface area (Å²) in [6, 6.07) is 13.1. The zero-order valence-corrected chi connectivity index (χ0v) is 19.0. The quantitative estimate of drug-likeness (QED) is 0.381. The predicted octanol–water partition coefficient (Wildman–Crippen LogP) is 5.16. The third-order valence-corrected chi connectivity index (χ3v) is 5.88. The molecule has 7 nitrogen and oxygen atoms in total. The van der Waals surface area contributed by atoms with Crippen molar-refractivity contribution in [1.82, 2.24) is 19.1 Å². The smallest absolute Gasteiger partial charge is 0.387 e. The average molecular weight is 473 g/mol. The fraction of sp³-hybridized carbons (Fsp3) is 0.115. The van der Waals surface area contributed by atoms with Crippen LogP contribution in [0.3, 0.4) is 0 Å². The van der Waals surface area contributed by atoms with Gasteiger partial charge in [-0.25, -0.2) is 4.98 Å². The van der Waals surface area contributed by atoms with Gasteiger partial charge in [-0.05, 0) is 66.1 Å². The normalized spacial score (nSPS) is 11.5. The van der Waals surface area contributed by atoms with Gasteiger partial charge in [-0.15, -0.1) is 0 Å². The number of allylic oxidation sites excluding steroid dienone is 1. The van der Waals surface area contributed by atoms with Crippen LogP contribution in [0.15, 0.2) is 72.4 Å². The van der Waals surface area contributed by atoms with E-state index in [0.29, 0.717) is 22.3 Å². The molecule has 176 valence electrons. The van der Waals surface area contributed by atoms with E-state index in [1.165, 1.54) is 28.8 Å². The Hall–Kier alpha value is -4.53. The summed E-state index contributed by atoms with van der Waals surface area (Å²) in [7, 11) is 1.87. The fourth-order valence-corrected chi connectivity index (χ4v) is 4.11. The topological polar surface area (TPSA) is 88.0 Å². The molecule has 2 aromatic carbocycles. The number of benzene rings is 2. The summed E-state index contributed by atoms with van der Waals surface area (Å²) in [6.45, 7) is 2.85. The van der Waals surface area contributed by atoms with Crippen molar-refractivity contribution in [3.63, 3.8) is 0 Å². The maximum absolute atomic E-state index is 14.0. The number of pyridine rings is 2. The van der Waals surface area contributed by atoms with E-state index < -0.39 is 6.61 Å². The molecule has 0 aliphatic rings. The van der Waals surface area contributed by atoms with Crippen molar-refractivity contribution >= 4 is 33.3 Å². The van der Waals surface area contributed by atoms with Crippen LogP contribution < -0.4 is 16.0 Å². The molecule has 0 saturated heterocycles. The first-order chi connectivity index (χ1) is 16.7. The van der Waals surface area contributed by atoms with Gasteiger partial charge in [0.25, 0.3) is 5.56 Å². The predicted molar refractivity (Wildman–Crippen MR) is 133 cm³/mol. The highest BCUT2D eigenvalue weighted by molar-refractivity contribution is 5.98. The molecule has 0 aliphatic carbocycles. The fourth-order valence-electron chi connectivity index (χ4n) is 4.11. The van der Waals surface area contributed by atoms with E-state index in [4.69, 9.17) is 5.73 Å². The number of hydrogen-bond acceptors (Lipinski definition) is 5. The molecule has 0 aliphatic heterocycles. The Kier molecular flexibility index (Phi) is 5.32. The van der Waals surface area contributed by atoms with E-state index in [2.05, 4.69) is 21.3 Å². The van der Waals surface area contributed by atoms with Gasteiger partial charge in [-0.1, -0.05) is 12.6 Å². The summed E-state index contributed by atoms with van der Waals surface area (Å²) in [5.41, 5.74) is 11.8. The van der Waals surface area contributed by atoms with Crippen LogP contribution in [0, 0.1) is 0 Å². The van der Waals surface area contributed by atoms with E-state index >= 15 is 0 Å². The zero-order chi connectivity index (χ0) is 24.9. The van der Waals surface area contributed by atoms with Gasteiger partial charge in [0.2, 0.25) is 0 Å². The highest BCUT2D eigenvalue weighted by Gasteiger charge is 2.20. The van der Waals surface area contributed by atoms with Crippen molar-refractivity contribution in [2.75, 3.05) is 5.73 Å². The summed E-state index contributed by atoms with van der Waals surface area (Å²) in [6.07, 6.45) is 3.35. The number of hydrogen-bond donors (Lipinski definition) is 1. The minimum absolute atomic E-state index is 0.0146. The molecular formula is C26H21F2N5O2. The average Bonchev–Trinajstić information content (AvgIpc) is 3.19. The molecule has 0 saturated carbocycles. The lowest BCUT2D eigenvalue weighted by molar-refractivity contribution is -0.0498. The Morgan fingerprint density at radius 1 is 1.09 bits per heavy atom.